The van der Waals surface area contributed by atoms with E-state index in [4.69, 9.17) is 0 Å². The lowest BCUT2D eigenvalue weighted by molar-refractivity contribution is -0.562. The predicted molar refractivity (Wildman–Crippen MR) is 75.8 cm³/mol. The van der Waals surface area contributed by atoms with Crippen LogP contribution < -0.4 is 5.11 Å². The number of hydrogen-bond donors (Lipinski definition) is 0. The molecule has 0 spiro atoms. The van der Waals surface area contributed by atoms with Crippen molar-refractivity contribution in [1.29, 1.82) is 0 Å². The van der Waals surface area contributed by atoms with Gasteiger partial charge in [0, 0.05) is 23.9 Å². The summed E-state index contributed by atoms with van der Waals surface area (Å²) in [6.45, 7) is 5.53. The molecular formula is C13H21N4O5-. The molecular weight excluding hydrogens is 292 g/mol. The molecule has 0 amide bonds. The topological polar surface area (TPSA) is 116 Å². The largest absolute Gasteiger partial charge is 0.856 e. The Morgan fingerprint density at radius 3 is 2.27 bits per heavy atom. The number of rotatable bonds is 5. The van der Waals surface area contributed by atoms with Crippen molar-refractivity contribution in [1.82, 2.24) is 9.80 Å². The van der Waals surface area contributed by atoms with E-state index in [1.165, 1.54) is 11.9 Å². The molecule has 4 atom stereocenters. The maximum atomic E-state index is 12.2. The van der Waals surface area contributed by atoms with Crippen molar-refractivity contribution < 1.29 is 15.0 Å². The molecule has 4 unspecified atom stereocenters. The average Bonchev–Trinajstić information content (AvgIpc) is 2.45. The second kappa shape index (κ2) is 6.07. The van der Waals surface area contributed by atoms with Crippen LogP contribution in [0.25, 0.3) is 0 Å². The predicted octanol–water partition coefficient (Wildman–Crippen LogP) is -0.128. The second-order valence-corrected chi connectivity index (χ2v) is 5.85. The summed E-state index contributed by atoms with van der Waals surface area (Å²) in [6.07, 6.45) is 0.775. The zero-order valence-electron chi connectivity index (χ0n) is 13.0. The van der Waals surface area contributed by atoms with Crippen molar-refractivity contribution >= 4 is 0 Å². The Balaban J connectivity index is 2.46. The molecule has 0 aromatic heterocycles. The maximum Gasteiger partial charge on any atom is 0.264 e. The van der Waals surface area contributed by atoms with E-state index in [1.54, 1.807) is 0 Å². The molecule has 22 heavy (non-hydrogen) atoms. The number of hydrogen-bond acceptors (Lipinski definition) is 7. The van der Waals surface area contributed by atoms with Crippen molar-refractivity contribution in [3.63, 3.8) is 0 Å². The van der Waals surface area contributed by atoms with Crippen molar-refractivity contribution in [2.24, 2.45) is 5.92 Å². The van der Waals surface area contributed by atoms with Gasteiger partial charge in [-0.05, 0) is 25.9 Å². The minimum Gasteiger partial charge on any atom is -0.856 e. The molecule has 0 aromatic rings. The summed E-state index contributed by atoms with van der Waals surface area (Å²) in [6, 6.07) is -1.66. The van der Waals surface area contributed by atoms with Crippen LogP contribution in [0, 0.1) is 26.1 Å². The van der Waals surface area contributed by atoms with Gasteiger partial charge in [-0.2, -0.15) is 0 Å². The van der Waals surface area contributed by atoms with E-state index in [9.17, 15) is 25.3 Å². The Hall–Kier alpha value is -1.90. The van der Waals surface area contributed by atoms with Crippen molar-refractivity contribution in [2.45, 2.75) is 44.8 Å². The van der Waals surface area contributed by atoms with E-state index in [-0.39, 0.29) is 6.04 Å². The van der Waals surface area contributed by atoms with Crippen LogP contribution in [0.2, 0.25) is 0 Å². The van der Waals surface area contributed by atoms with Gasteiger partial charge in [0.25, 0.3) is 5.70 Å². The van der Waals surface area contributed by atoms with Gasteiger partial charge in [-0.15, -0.1) is 0 Å². The molecule has 0 aromatic carbocycles. The van der Waals surface area contributed by atoms with Gasteiger partial charge < -0.3 is 14.9 Å². The minimum absolute atomic E-state index is 0.0201. The Morgan fingerprint density at radius 1 is 1.23 bits per heavy atom. The zero-order chi connectivity index (χ0) is 16.6. The smallest absolute Gasteiger partial charge is 0.264 e. The maximum absolute atomic E-state index is 12.2. The molecule has 0 radical (unpaired) electrons. The lowest BCUT2D eigenvalue weighted by Crippen LogP contribution is -2.62. The fraction of sp³-hybridized carbons (Fsp3) is 0.846. The van der Waals surface area contributed by atoms with Gasteiger partial charge >= 0.3 is 0 Å². The molecule has 1 heterocycles. The Morgan fingerprint density at radius 2 is 1.82 bits per heavy atom. The molecule has 0 saturated heterocycles. The van der Waals surface area contributed by atoms with Gasteiger partial charge in [0.15, 0.2) is 0 Å². The highest BCUT2D eigenvalue weighted by molar-refractivity contribution is 5.16. The zero-order valence-corrected chi connectivity index (χ0v) is 13.0. The number of nitrogens with zero attached hydrogens (tertiary/aromatic N) is 4. The van der Waals surface area contributed by atoms with E-state index in [0.29, 0.717) is 12.8 Å². The third-order valence-electron chi connectivity index (χ3n) is 5.00. The summed E-state index contributed by atoms with van der Waals surface area (Å²) in [4.78, 5) is 24.8. The van der Waals surface area contributed by atoms with Crippen LogP contribution in [-0.2, 0) is 0 Å². The van der Waals surface area contributed by atoms with Crippen LogP contribution in [0.3, 0.4) is 0 Å². The normalized spacial score (nSPS) is 31.5. The Labute approximate surface area is 128 Å². The molecule has 124 valence electrons. The summed E-state index contributed by atoms with van der Waals surface area (Å²) in [5.41, 5.74) is -0.530. The van der Waals surface area contributed by atoms with E-state index in [0.717, 1.165) is 13.1 Å². The van der Waals surface area contributed by atoms with E-state index >= 15 is 0 Å². The van der Waals surface area contributed by atoms with Crippen molar-refractivity contribution in [3.8, 4) is 0 Å². The fourth-order valence-corrected chi connectivity index (χ4v) is 3.90. The van der Waals surface area contributed by atoms with Gasteiger partial charge in [0.05, 0.1) is 11.0 Å². The summed E-state index contributed by atoms with van der Waals surface area (Å²) < 4.78 is 0. The summed E-state index contributed by atoms with van der Waals surface area (Å²) in [5.74, 6) is -1.60. The summed E-state index contributed by atoms with van der Waals surface area (Å²) in [7, 11) is 1.42. The van der Waals surface area contributed by atoms with Gasteiger partial charge in [0.2, 0.25) is 6.04 Å². The molecule has 2 rings (SSSR count). The number of likely N-dealkylation sites (N-methyl/N-ethyl adjacent to an activating group) is 1. The van der Waals surface area contributed by atoms with Gasteiger partial charge in [0.1, 0.15) is 5.92 Å². The Bertz CT molecular complexity index is 505. The van der Waals surface area contributed by atoms with Crippen molar-refractivity contribution in [3.05, 3.63) is 31.8 Å². The Kier molecular flexibility index (Phi) is 4.55. The van der Waals surface area contributed by atoms with E-state index in [2.05, 4.69) is 4.90 Å². The monoisotopic (exact) mass is 313 g/mol. The molecule has 1 fully saturated rings. The molecule has 2 bridgehead atoms. The van der Waals surface area contributed by atoms with Crippen LogP contribution in [0.15, 0.2) is 11.6 Å². The highest BCUT2D eigenvalue weighted by Gasteiger charge is 2.56. The molecule has 1 saturated carbocycles. The van der Waals surface area contributed by atoms with Crippen LogP contribution in [0.1, 0.15) is 26.7 Å². The average molecular weight is 313 g/mol. The molecule has 2 aliphatic rings. The highest BCUT2D eigenvalue weighted by Crippen LogP contribution is 2.41. The standard InChI is InChI=1S/C13H22N4O5/c1-4-15(5-2)8-6-9-11(16(19)20)10(7-8)14(3)13(18)12(9)17(21)22/h8-11,18H,4-7H2,1-3H3/p-1. The first-order chi connectivity index (χ1) is 10.3. The molecule has 1 aliphatic carbocycles. The molecule has 9 nitrogen and oxygen atoms in total. The van der Waals surface area contributed by atoms with Crippen LogP contribution in [-0.4, -0.2) is 57.9 Å². The molecule has 0 N–H and O–H groups in total. The SMILES string of the molecule is CCN(CC)C1CC2C([N+](=O)[O-])=C([O-])N(C)C(C1)C2[N+](=O)[O-]. The second-order valence-electron chi connectivity index (χ2n) is 5.85. The van der Waals surface area contributed by atoms with E-state index in [1.807, 2.05) is 13.8 Å². The lowest BCUT2D eigenvalue weighted by Gasteiger charge is -2.49. The van der Waals surface area contributed by atoms with E-state index < -0.39 is 39.4 Å². The number of nitro groups is 2. The third-order valence-corrected chi connectivity index (χ3v) is 5.00. The van der Waals surface area contributed by atoms with Crippen LogP contribution >= 0.6 is 0 Å². The van der Waals surface area contributed by atoms with Crippen LogP contribution in [0.5, 0.6) is 0 Å². The van der Waals surface area contributed by atoms with Gasteiger partial charge in [-0.1, -0.05) is 13.8 Å². The van der Waals surface area contributed by atoms with Gasteiger partial charge in [-0.3, -0.25) is 20.2 Å². The molecule has 1 aliphatic heterocycles. The van der Waals surface area contributed by atoms with Crippen LogP contribution in [0.4, 0.5) is 0 Å². The highest BCUT2D eigenvalue weighted by atomic mass is 16.6. The lowest BCUT2D eigenvalue weighted by atomic mass is 9.73. The van der Waals surface area contributed by atoms with Crippen molar-refractivity contribution in [2.75, 3.05) is 20.1 Å². The first kappa shape index (κ1) is 16.5. The third kappa shape index (κ3) is 2.49. The minimum atomic E-state index is -1.09. The summed E-state index contributed by atoms with van der Waals surface area (Å²) in [5, 5.41) is 34.9. The first-order valence-electron chi connectivity index (χ1n) is 7.49. The summed E-state index contributed by atoms with van der Waals surface area (Å²) >= 11 is 0. The number of fused-ring (bicyclic) bond motifs is 2. The van der Waals surface area contributed by atoms with Gasteiger partial charge in [-0.25, -0.2) is 0 Å². The molecule has 9 heteroatoms. The first-order valence-corrected chi connectivity index (χ1v) is 7.49. The fourth-order valence-electron chi connectivity index (χ4n) is 3.90. The quantitative estimate of drug-likeness (QED) is 0.513.